The maximum atomic E-state index is 11.4. The lowest BCUT2D eigenvalue weighted by atomic mass is 10.2. The summed E-state index contributed by atoms with van der Waals surface area (Å²) in [5, 5.41) is 2.86. The van der Waals surface area contributed by atoms with E-state index in [1.54, 1.807) is 0 Å². The lowest BCUT2D eigenvalue weighted by molar-refractivity contribution is -0.122. The van der Waals surface area contributed by atoms with Crippen molar-refractivity contribution in [1.29, 1.82) is 0 Å². The second-order valence-corrected chi connectivity index (χ2v) is 5.70. The molecule has 8 heteroatoms. The van der Waals surface area contributed by atoms with Crippen molar-refractivity contribution in [1.82, 2.24) is 14.9 Å². The molecule has 1 aliphatic heterocycles. The van der Waals surface area contributed by atoms with E-state index in [0.29, 0.717) is 18.2 Å². The van der Waals surface area contributed by atoms with Crippen LogP contribution in [0.1, 0.15) is 18.7 Å². The van der Waals surface area contributed by atoms with E-state index in [0.717, 1.165) is 29.6 Å². The molecule has 1 unspecified atom stereocenters. The highest BCUT2D eigenvalue weighted by Crippen LogP contribution is 2.26. The van der Waals surface area contributed by atoms with Crippen LogP contribution in [0.15, 0.2) is 11.4 Å². The van der Waals surface area contributed by atoms with E-state index in [2.05, 4.69) is 15.4 Å². The van der Waals surface area contributed by atoms with Crippen LogP contribution in [0.4, 0.5) is 5.82 Å². The number of carbonyl (C=O) groups is 1. The Kier molecular flexibility index (Phi) is 3.51. The third-order valence-electron chi connectivity index (χ3n) is 3.54. The van der Waals surface area contributed by atoms with Crippen molar-refractivity contribution in [3.8, 4) is 0 Å². The summed E-state index contributed by atoms with van der Waals surface area (Å²) in [6.07, 6.45) is 1.77. The quantitative estimate of drug-likeness (QED) is 0.556. The number of amides is 1. The molecule has 1 amide bonds. The fraction of sp³-hybridized carbons (Fsp3) is 0.417. The average molecular weight is 292 g/mol. The van der Waals surface area contributed by atoms with Gasteiger partial charge in [-0.2, -0.15) is 0 Å². The summed E-state index contributed by atoms with van der Waals surface area (Å²) in [6, 6.07) is 1.72. The number of primary amides is 1. The van der Waals surface area contributed by atoms with Gasteiger partial charge in [0.1, 0.15) is 10.7 Å². The Balaban J connectivity index is 1.88. The van der Waals surface area contributed by atoms with Crippen molar-refractivity contribution in [2.45, 2.75) is 25.4 Å². The zero-order valence-electron chi connectivity index (χ0n) is 10.9. The average Bonchev–Trinajstić information content (AvgIpc) is 3.06. The van der Waals surface area contributed by atoms with Crippen molar-refractivity contribution in [2.75, 3.05) is 12.0 Å². The van der Waals surface area contributed by atoms with Crippen molar-refractivity contribution >= 4 is 33.3 Å². The lowest BCUT2D eigenvalue weighted by Crippen LogP contribution is -2.40. The molecule has 20 heavy (non-hydrogen) atoms. The number of aromatic nitrogens is 2. The first-order chi connectivity index (χ1) is 9.69. The Bertz CT molecular complexity index is 642. The molecule has 5 N–H and O–H groups in total. The Morgan fingerprint density at radius 2 is 2.40 bits per heavy atom. The largest absolute Gasteiger partial charge is 0.368 e. The number of rotatable bonds is 4. The van der Waals surface area contributed by atoms with Crippen molar-refractivity contribution in [2.24, 2.45) is 11.6 Å². The first-order valence-electron chi connectivity index (χ1n) is 6.43. The minimum atomic E-state index is -0.281. The van der Waals surface area contributed by atoms with Gasteiger partial charge in [-0.15, -0.1) is 11.3 Å². The minimum absolute atomic E-state index is 0.216. The third-order valence-corrected chi connectivity index (χ3v) is 4.35. The van der Waals surface area contributed by atoms with Crippen LogP contribution in [0.2, 0.25) is 0 Å². The highest BCUT2D eigenvalue weighted by Gasteiger charge is 2.29. The number of nitrogens with two attached hydrogens (primary N) is 2. The number of thiophene rings is 1. The number of carbonyl (C=O) groups excluding carboxylic acids is 1. The second kappa shape index (κ2) is 5.31. The molecule has 3 heterocycles. The van der Waals surface area contributed by atoms with Crippen LogP contribution in [0.25, 0.3) is 10.2 Å². The van der Waals surface area contributed by atoms with Crippen LogP contribution < -0.4 is 17.0 Å². The first-order valence-corrected chi connectivity index (χ1v) is 7.31. The molecule has 106 valence electrons. The number of likely N-dealkylation sites (tertiary alicyclic amines) is 1. The maximum Gasteiger partial charge on any atom is 0.234 e. The maximum absolute atomic E-state index is 11.4. The van der Waals surface area contributed by atoms with Gasteiger partial charge in [-0.3, -0.25) is 9.69 Å². The molecule has 0 bridgehead atoms. The van der Waals surface area contributed by atoms with Crippen LogP contribution in [0.3, 0.4) is 0 Å². The Labute approximate surface area is 119 Å². The summed E-state index contributed by atoms with van der Waals surface area (Å²) in [5.41, 5.74) is 8.02. The molecule has 1 atom stereocenters. The SMILES string of the molecule is NNc1nc(CN2CCCC2C(N)=O)nc2sccc12. The predicted octanol–water partition coefficient (Wildman–Crippen LogP) is 0.427. The summed E-state index contributed by atoms with van der Waals surface area (Å²) in [4.78, 5) is 23.3. The summed E-state index contributed by atoms with van der Waals surface area (Å²) in [7, 11) is 0. The monoisotopic (exact) mass is 292 g/mol. The zero-order chi connectivity index (χ0) is 14.1. The fourth-order valence-corrected chi connectivity index (χ4v) is 3.38. The number of hydrogen-bond donors (Lipinski definition) is 3. The number of nitrogens with zero attached hydrogens (tertiary/aromatic N) is 3. The normalized spacial score (nSPS) is 19.6. The van der Waals surface area contributed by atoms with E-state index in [1.165, 1.54) is 11.3 Å². The Morgan fingerprint density at radius 3 is 3.15 bits per heavy atom. The Morgan fingerprint density at radius 1 is 1.55 bits per heavy atom. The molecular formula is C12H16N6OS. The van der Waals surface area contributed by atoms with E-state index in [-0.39, 0.29) is 11.9 Å². The van der Waals surface area contributed by atoms with E-state index in [1.807, 2.05) is 16.3 Å². The van der Waals surface area contributed by atoms with Gasteiger partial charge in [-0.05, 0) is 30.8 Å². The van der Waals surface area contributed by atoms with Gasteiger partial charge in [-0.25, -0.2) is 15.8 Å². The van der Waals surface area contributed by atoms with Crippen molar-refractivity contribution in [3.05, 3.63) is 17.3 Å². The van der Waals surface area contributed by atoms with Crippen molar-refractivity contribution < 1.29 is 4.79 Å². The lowest BCUT2D eigenvalue weighted by Gasteiger charge is -2.20. The summed E-state index contributed by atoms with van der Waals surface area (Å²) in [5.74, 6) is 6.49. The van der Waals surface area contributed by atoms with E-state index < -0.39 is 0 Å². The van der Waals surface area contributed by atoms with E-state index in [9.17, 15) is 4.79 Å². The van der Waals surface area contributed by atoms with Gasteiger partial charge >= 0.3 is 0 Å². The van der Waals surface area contributed by atoms with Crippen molar-refractivity contribution in [3.63, 3.8) is 0 Å². The molecule has 0 saturated carbocycles. The molecule has 0 radical (unpaired) electrons. The van der Waals surface area contributed by atoms with Crippen LogP contribution in [0.5, 0.6) is 0 Å². The Hall–Kier alpha value is -1.77. The van der Waals surface area contributed by atoms with E-state index in [4.69, 9.17) is 11.6 Å². The van der Waals surface area contributed by atoms with E-state index >= 15 is 0 Å². The fourth-order valence-electron chi connectivity index (χ4n) is 2.60. The van der Waals surface area contributed by atoms with Gasteiger partial charge in [-0.1, -0.05) is 0 Å². The van der Waals surface area contributed by atoms with Gasteiger partial charge in [0.25, 0.3) is 0 Å². The number of anilines is 1. The third kappa shape index (κ3) is 2.33. The first kappa shape index (κ1) is 13.2. The molecule has 0 aromatic carbocycles. The smallest absolute Gasteiger partial charge is 0.234 e. The van der Waals surface area contributed by atoms with Gasteiger partial charge in [0, 0.05) is 0 Å². The topological polar surface area (TPSA) is 110 Å². The van der Waals surface area contributed by atoms with Crippen LogP contribution in [-0.4, -0.2) is 33.4 Å². The van der Waals surface area contributed by atoms with Crippen LogP contribution in [-0.2, 0) is 11.3 Å². The zero-order valence-corrected chi connectivity index (χ0v) is 11.7. The number of nitrogen functional groups attached to an aromatic ring is 1. The molecule has 7 nitrogen and oxygen atoms in total. The van der Waals surface area contributed by atoms with Gasteiger partial charge in [0.15, 0.2) is 5.82 Å². The highest BCUT2D eigenvalue weighted by molar-refractivity contribution is 7.16. The summed E-state index contributed by atoms with van der Waals surface area (Å²) >= 11 is 1.54. The van der Waals surface area contributed by atoms with Crippen LogP contribution >= 0.6 is 11.3 Å². The highest BCUT2D eigenvalue weighted by atomic mass is 32.1. The predicted molar refractivity (Wildman–Crippen MR) is 77.9 cm³/mol. The number of hydrogen-bond acceptors (Lipinski definition) is 7. The molecular weight excluding hydrogens is 276 g/mol. The number of hydrazine groups is 1. The molecule has 1 saturated heterocycles. The minimum Gasteiger partial charge on any atom is -0.368 e. The standard InChI is InChI=1S/C12H16N6OS/c13-10(19)8-2-1-4-18(8)6-9-15-11(17-14)7-3-5-20-12(7)16-9/h3,5,8H,1-2,4,6,14H2,(H2,13,19)(H,15,16,17). The molecule has 0 aliphatic carbocycles. The van der Waals surface area contributed by atoms with Gasteiger partial charge in [0.2, 0.25) is 5.91 Å². The molecule has 2 aromatic heterocycles. The summed E-state index contributed by atoms with van der Waals surface area (Å²) in [6.45, 7) is 1.35. The molecule has 1 fully saturated rings. The number of fused-ring (bicyclic) bond motifs is 1. The van der Waals surface area contributed by atoms with Gasteiger partial charge < -0.3 is 11.2 Å². The van der Waals surface area contributed by atoms with Gasteiger partial charge in [0.05, 0.1) is 18.0 Å². The summed E-state index contributed by atoms with van der Waals surface area (Å²) < 4.78 is 0. The molecule has 3 rings (SSSR count). The van der Waals surface area contributed by atoms with Crippen LogP contribution in [0, 0.1) is 0 Å². The number of nitrogens with one attached hydrogen (secondary N) is 1. The molecule has 1 aliphatic rings. The second-order valence-electron chi connectivity index (χ2n) is 4.80. The molecule has 2 aromatic rings. The molecule has 0 spiro atoms.